The number of carbonyl (C=O) groups is 1. The van der Waals surface area contributed by atoms with Crippen LogP contribution in [0.1, 0.15) is 28.6 Å². The normalized spacial score (nSPS) is 11.8. The number of aryl methyl sites for hydroxylation is 1. The maximum Gasteiger partial charge on any atom is 0.352 e. The fourth-order valence-corrected chi connectivity index (χ4v) is 3.14. The fourth-order valence-electron chi connectivity index (χ4n) is 2.57. The number of ether oxygens (including phenoxy) is 2. The van der Waals surface area contributed by atoms with Gasteiger partial charge in [0.2, 0.25) is 0 Å². The van der Waals surface area contributed by atoms with E-state index in [1.54, 1.807) is 7.11 Å². The van der Waals surface area contributed by atoms with E-state index >= 15 is 0 Å². The lowest BCUT2D eigenvalue weighted by Gasteiger charge is -2.13. The summed E-state index contributed by atoms with van der Waals surface area (Å²) in [5, 5.41) is 4.09. The van der Waals surface area contributed by atoms with Gasteiger partial charge in [-0.25, -0.2) is 4.79 Å². The highest BCUT2D eigenvalue weighted by atomic mass is 32.1. The summed E-state index contributed by atoms with van der Waals surface area (Å²) < 4.78 is 14.7. The first-order valence-corrected chi connectivity index (χ1v) is 9.16. The molecule has 0 saturated heterocycles. The highest BCUT2D eigenvalue weighted by Crippen LogP contribution is 2.27. The van der Waals surface area contributed by atoms with Gasteiger partial charge in [0.1, 0.15) is 11.4 Å². The second-order valence-electron chi connectivity index (χ2n) is 5.92. The van der Waals surface area contributed by atoms with Gasteiger partial charge in [-0.2, -0.15) is 0 Å². The Morgan fingerprint density at radius 2 is 1.85 bits per heavy atom. The number of aromatic nitrogens is 2. The maximum absolute atomic E-state index is 12.5. The van der Waals surface area contributed by atoms with Crippen molar-refractivity contribution in [2.45, 2.75) is 25.9 Å². The van der Waals surface area contributed by atoms with Crippen LogP contribution in [0.3, 0.4) is 0 Å². The summed E-state index contributed by atoms with van der Waals surface area (Å²) in [6.07, 6.45) is 1.44. The van der Waals surface area contributed by atoms with Gasteiger partial charge in [0.05, 0.1) is 13.2 Å². The first-order valence-electron chi connectivity index (χ1n) is 8.39. The third-order valence-electron chi connectivity index (χ3n) is 4.03. The van der Waals surface area contributed by atoms with Crippen LogP contribution in [-0.2, 0) is 11.2 Å². The van der Waals surface area contributed by atoms with Crippen LogP contribution in [-0.4, -0.2) is 28.8 Å². The van der Waals surface area contributed by atoms with Crippen molar-refractivity contribution < 1.29 is 14.3 Å². The molecular weight excluding hydrogens is 348 g/mol. The zero-order valence-corrected chi connectivity index (χ0v) is 15.5. The number of hydrogen-bond donors (Lipinski definition) is 0. The predicted octanol–water partition coefficient (Wildman–Crippen LogP) is 4.39. The molecule has 1 heterocycles. The highest BCUT2D eigenvalue weighted by Gasteiger charge is 2.21. The molecule has 0 aliphatic heterocycles. The number of carbonyl (C=O) groups excluding carboxylic acids is 1. The van der Waals surface area contributed by atoms with Crippen molar-refractivity contribution in [3.63, 3.8) is 0 Å². The van der Waals surface area contributed by atoms with Crippen molar-refractivity contribution in [1.29, 1.82) is 0 Å². The summed E-state index contributed by atoms with van der Waals surface area (Å²) in [5.41, 5.74) is 2.58. The largest absolute Gasteiger partial charge is 0.497 e. The maximum atomic E-state index is 12.5. The standard InChI is InChI=1S/C20H20N2O3S/c1-14(8-9-15-6-4-3-5-7-15)25-20(23)19-18(21-22-26-19)16-10-12-17(24-2)13-11-16/h3-7,10-14H,8-9H2,1-2H3/t14-/m0/s1. The molecule has 0 aliphatic rings. The number of rotatable bonds is 7. The third-order valence-corrected chi connectivity index (χ3v) is 4.73. The Kier molecular flexibility index (Phi) is 5.96. The molecule has 0 saturated carbocycles. The second-order valence-corrected chi connectivity index (χ2v) is 6.67. The van der Waals surface area contributed by atoms with Gasteiger partial charge >= 0.3 is 5.97 Å². The zero-order chi connectivity index (χ0) is 18.4. The van der Waals surface area contributed by atoms with Gasteiger partial charge in [-0.3, -0.25) is 0 Å². The molecule has 0 amide bonds. The van der Waals surface area contributed by atoms with Crippen LogP contribution >= 0.6 is 11.5 Å². The number of esters is 1. The van der Waals surface area contributed by atoms with E-state index in [9.17, 15) is 4.79 Å². The van der Waals surface area contributed by atoms with Gasteiger partial charge < -0.3 is 9.47 Å². The highest BCUT2D eigenvalue weighted by molar-refractivity contribution is 7.08. The van der Waals surface area contributed by atoms with Crippen molar-refractivity contribution >= 4 is 17.5 Å². The van der Waals surface area contributed by atoms with Crippen molar-refractivity contribution in [3.8, 4) is 17.0 Å². The van der Waals surface area contributed by atoms with Crippen molar-refractivity contribution in [2.75, 3.05) is 7.11 Å². The van der Waals surface area contributed by atoms with E-state index in [0.29, 0.717) is 10.6 Å². The Bertz CT molecular complexity index is 847. The molecule has 3 rings (SSSR count). The lowest BCUT2D eigenvalue weighted by molar-refractivity contribution is 0.0332. The number of methoxy groups -OCH3 is 1. The molecule has 134 valence electrons. The quantitative estimate of drug-likeness (QED) is 0.579. The molecule has 26 heavy (non-hydrogen) atoms. The Balaban J connectivity index is 1.64. The summed E-state index contributed by atoms with van der Waals surface area (Å²) in [5.74, 6) is 0.363. The van der Waals surface area contributed by atoms with Crippen LogP contribution in [0.5, 0.6) is 5.75 Å². The van der Waals surface area contributed by atoms with Crippen LogP contribution in [0.25, 0.3) is 11.3 Å². The Morgan fingerprint density at radius 3 is 2.54 bits per heavy atom. The second kappa shape index (κ2) is 8.58. The Hall–Kier alpha value is -2.73. The van der Waals surface area contributed by atoms with Crippen molar-refractivity contribution in [1.82, 2.24) is 9.59 Å². The molecule has 2 aromatic carbocycles. The molecule has 0 radical (unpaired) electrons. The number of nitrogens with zero attached hydrogens (tertiary/aromatic N) is 2. The van der Waals surface area contributed by atoms with Gasteiger partial charge in [0.15, 0.2) is 4.88 Å². The summed E-state index contributed by atoms with van der Waals surface area (Å²) >= 11 is 1.05. The lowest BCUT2D eigenvalue weighted by atomic mass is 10.1. The molecule has 0 spiro atoms. The molecule has 6 heteroatoms. The molecule has 0 N–H and O–H groups in total. The molecule has 0 bridgehead atoms. The van der Waals surface area contributed by atoms with Crippen molar-refractivity contribution in [2.24, 2.45) is 0 Å². The molecule has 1 atom stereocenters. The van der Waals surface area contributed by atoms with E-state index < -0.39 is 0 Å². The molecule has 0 aliphatic carbocycles. The minimum atomic E-state index is -0.383. The summed E-state index contributed by atoms with van der Waals surface area (Å²) in [6.45, 7) is 1.91. The van der Waals surface area contributed by atoms with Crippen LogP contribution in [0.2, 0.25) is 0 Å². The number of benzene rings is 2. The summed E-state index contributed by atoms with van der Waals surface area (Å²) in [6, 6.07) is 17.5. The van der Waals surface area contributed by atoms with Crippen molar-refractivity contribution in [3.05, 3.63) is 65.0 Å². The van der Waals surface area contributed by atoms with E-state index in [0.717, 1.165) is 35.7 Å². The smallest absolute Gasteiger partial charge is 0.352 e. The first kappa shape index (κ1) is 18.1. The summed E-state index contributed by atoms with van der Waals surface area (Å²) in [7, 11) is 1.61. The molecule has 0 fully saturated rings. The minimum Gasteiger partial charge on any atom is -0.497 e. The van der Waals surface area contributed by atoms with E-state index in [2.05, 4.69) is 21.7 Å². The third kappa shape index (κ3) is 4.46. The average molecular weight is 368 g/mol. The van der Waals surface area contributed by atoms with Gasteiger partial charge in [-0.15, -0.1) is 5.10 Å². The van der Waals surface area contributed by atoms with Gasteiger partial charge in [0.25, 0.3) is 0 Å². The van der Waals surface area contributed by atoms with Gasteiger partial charge in [-0.05, 0) is 61.1 Å². The zero-order valence-electron chi connectivity index (χ0n) is 14.7. The molecule has 0 unspecified atom stereocenters. The Morgan fingerprint density at radius 1 is 1.12 bits per heavy atom. The molecule has 1 aromatic heterocycles. The van der Waals surface area contributed by atoms with E-state index in [4.69, 9.17) is 9.47 Å². The van der Waals surface area contributed by atoms with Crippen LogP contribution in [0, 0.1) is 0 Å². The Labute approximate surface area is 156 Å². The first-order chi connectivity index (χ1) is 12.7. The molecular formula is C20H20N2O3S. The summed E-state index contributed by atoms with van der Waals surface area (Å²) in [4.78, 5) is 12.9. The van der Waals surface area contributed by atoms with E-state index in [-0.39, 0.29) is 12.1 Å². The van der Waals surface area contributed by atoms with Gasteiger partial charge in [-0.1, -0.05) is 34.8 Å². The SMILES string of the molecule is COc1ccc(-c2nnsc2C(=O)O[C@@H](C)CCc2ccccc2)cc1. The topological polar surface area (TPSA) is 61.3 Å². The van der Waals surface area contributed by atoms with Gasteiger partial charge in [0, 0.05) is 5.56 Å². The average Bonchev–Trinajstić information content (AvgIpc) is 3.17. The number of hydrogen-bond acceptors (Lipinski definition) is 6. The van der Waals surface area contributed by atoms with Crippen LogP contribution < -0.4 is 4.74 Å². The minimum absolute atomic E-state index is 0.187. The fraction of sp³-hybridized carbons (Fsp3) is 0.250. The predicted molar refractivity (Wildman–Crippen MR) is 102 cm³/mol. The monoisotopic (exact) mass is 368 g/mol. The molecule has 3 aromatic rings. The van der Waals surface area contributed by atoms with Crippen LogP contribution in [0.15, 0.2) is 54.6 Å². The van der Waals surface area contributed by atoms with E-state index in [1.807, 2.05) is 49.4 Å². The molecule has 5 nitrogen and oxygen atoms in total. The van der Waals surface area contributed by atoms with E-state index in [1.165, 1.54) is 5.56 Å². The lowest BCUT2D eigenvalue weighted by Crippen LogP contribution is -2.15. The van der Waals surface area contributed by atoms with Crippen LogP contribution in [0.4, 0.5) is 0 Å².